The molecule has 9 heteroatoms. The van der Waals surface area contributed by atoms with Crippen molar-refractivity contribution < 1.29 is 27.2 Å². The van der Waals surface area contributed by atoms with E-state index < -0.39 is 18.3 Å². The van der Waals surface area contributed by atoms with Crippen LogP contribution in [-0.2, 0) is 0 Å². The van der Waals surface area contributed by atoms with Gasteiger partial charge in [0.15, 0.2) is 0 Å². The fourth-order valence-corrected chi connectivity index (χ4v) is 3.00. The SMILES string of the molecule is Cc1noc2nc(-c3ccccc3F)cc(C(=O)Nc3ccc(OC(F)F)cc3)c12. The van der Waals surface area contributed by atoms with Crippen LogP contribution in [0.4, 0.5) is 18.9 Å². The summed E-state index contributed by atoms with van der Waals surface area (Å²) in [5, 5.41) is 6.91. The number of benzene rings is 2. The minimum atomic E-state index is -2.94. The van der Waals surface area contributed by atoms with E-state index in [-0.39, 0.29) is 28.3 Å². The van der Waals surface area contributed by atoms with Crippen molar-refractivity contribution in [1.82, 2.24) is 10.1 Å². The van der Waals surface area contributed by atoms with Gasteiger partial charge < -0.3 is 14.6 Å². The zero-order valence-corrected chi connectivity index (χ0v) is 15.5. The minimum absolute atomic E-state index is 0.0361. The Morgan fingerprint density at radius 2 is 1.87 bits per heavy atom. The van der Waals surface area contributed by atoms with Crippen molar-refractivity contribution >= 4 is 22.7 Å². The van der Waals surface area contributed by atoms with Gasteiger partial charge in [0.05, 0.1) is 22.3 Å². The van der Waals surface area contributed by atoms with Crippen LogP contribution in [0.15, 0.2) is 59.1 Å². The lowest BCUT2D eigenvalue weighted by Crippen LogP contribution is -2.13. The molecule has 0 unspecified atom stereocenters. The molecule has 4 aromatic rings. The number of aryl methyl sites for hydroxylation is 1. The molecule has 0 aliphatic heterocycles. The summed E-state index contributed by atoms with van der Waals surface area (Å²) in [7, 11) is 0. The summed E-state index contributed by atoms with van der Waals surface area (Å²) >= 11 is 0. The molecule has 0 spiro atoms. The maximum Gasteiger partial charge on any atom is 0.387 e. The van der Waals surface area contributed by atoms with Crippen LogP contribution < -0.4 is 10.1 Å². The Morgan fingerprint density at radius 1 is 1.13 bits per heavy atom. The van der Waals surface area contributed by atoms with E-state index in [1.165, 1.54) is 42.5 Å². The molecule has 1 amide bonds. The second kappa shape index (κ2) is 7.86. The fourth-order valence-electron chi connectivity index (χ4n) is 3.00. The number of hydrogen-bond donors (Lipinski definition) is 1. The average Bonchev–Trinajstić information content (AvgIpc) is 3.09. The van der Waals surface area contributed by atoms with Gasteiger partial charge >= 0.3 is 6.61 Å². The number of nitrogens with one attached hydrogen (secondary N) is 1. The number of fused-ring (bicyclic) bond motifs is 1. The van der Waals surface area contributed by atoms with Gasteiger partial charge in [-0.05, 0) is 49.4 Å². The van der Waals surface area contributed by atoms with Crippen molar-refractivity contribution in [2.24, 2.45) is 0 Å². The van der Waals surface area contributed by atoms with Crippen molar-refractivity contribution in [3.05, 3.63) is 71.7 Å². The lowest BCUT2D eigenvalue weighted by Gasteiger charge is -2.10. The molecule has 30 heavy (non-hydrogen) atoms. The molecule has 0 saturated carbocycles. The van der Waals surface area contributed by atoms with Crippen LogP contribution in [0.2, 0.25) is 0 Å². The Hall–Kier alpha value is -3.88. The highest BCUT2D eigenvalue weighted by Crippen LogP contribution is 2.29. The number of carbonyl (C=O) groups is 1. The van der Waals surface area contributed by atoms with E-state index in [2.05, 4.69) is 20.2 Å². The first-order valence-electron chi connectivity index (χ1n) is 8.80. The first-order chi connectivity index (χ1) is 14.4. The number of ether oxygens (including phenoxy) is 1. The van der Waals surface area contributed by atoms with Crippen molar-refractivity contribution in [3.8, 4) is 17.0 Å². The van der Waals surface area contributed by atoms with Gasteiger partial charge in [0, 0.05) is 11.3 Å². The maximum absolute atomic E-state index is 14.2. The van der Waals surface area contributed by atoms with Gasteiger partial charge in [-0.3, -0.25) is 4.79 Å². The van der Waals surface area contributed by atoms with Gasteiger partial charge in [-0.15, -0.1) is 0 Å². The fraction of sp³-hybridized carbons (Fsp3) is 0.0952. The number of amides is 1. The standard InChI is InChI=1S/C21H14F3N3O3/c1-11-18-15(19(28)25-12-6-8-13(9-7-12)29-21(23)24)10-17(26-20(18)30-27-11)14-4-2-3-5-16(14)22/h2-10,21H,1H3,(H,25,28). The number of anilines is 1. The third-order valence-electron chi connectivity index (χ3n) is 4.35. The Labute approximate surface area is 168 Å². The zero-order valence-electron chi connectivity index (χ0n) is 15.5. The molecule has 4 rings (SSSR count). The molecule has 0 atom stereocenters. The number of alkyl halides is 2. The number of aromatic nitrogens is 2. The van der Waals surface area contributed by atoms with Crippen LogP contribution in [0.5, 0.6) is 5.75 Å². The van der Waals surface area contributed by atoms with Gasteiger partial charge in [0.25, 0.3) is 11.6 Å². The molecule has 0 bridgehead atoms. The summed E-state index contributed by atoms with van der Waals surface area (Å²) < 4.78 is 48.3. The summed E-state index contributed by atoms with van der Waals surface area (Å²) in [6.07, 6.45) is 0. The molecule has 2 aromatic carbocycles. The number of halogens is 3. The van der Waals surface area contributed by atoms with Crippen LogP contribution >= 0.6 is 0 Å². The zero-order chi connectivity index (χ0) is 21.3. The molecule has 0 saturated heterocycles. The second-order valence-electron chi connectivity index (χ2n) is 6.34. The Morgan fingerprint density at radius 3 is 2.57 bits per heavy atom. The van der Waals surface area contributed by atoms with E-state index >= 15 is 0 Å². The largest absolute Gasteiger partial charge is 0.435 e. The first kappa shape index (κ1) is 19.4. The smallest absolute Gasteiger partial charge is 0.387 e. The summed E-state index contributed by atoms with van der Waals surface area (Å²) in [6.45, 7) is -1.28. The summed E-state index contributed by atoms with van der Waals surface area (Å²) in [6, 6.07) is 12.9. The molecule has 0 aliphatic carbocycles. The average molecular weight is 413 g/mol. The summed E-state index contributed by atoms with van der Waals surface area (Å²) in [5.74, 6) is -1.05. The number of hydrogen-bond acceptors (Lipinski definition) is 5. The van der Waals surface area contributed by atoms with Crippen LogP contribution in [0, 0.1) is 12.7 Å². The highest BCUT2D eigenvalue weighted by atomic mass is 19.3. The Bertz CT molecular complexity index is 1220. The minimum Gasteiger partial charge on any atom is -0.435 e. The van der Waals surface area contributed by atoms with Crippen molar-refractivity contribution in [3.63, 3.8) is 0 Å². The highest BCUT2D eigenvalue weighted by Gasteiger charge is 2.20. The third kappa shape index (κ3) is 3.82. The molecule has 2 aromatic heterocycles. The Balaban J connectivity index is 1.71. The summed E-state index contributed by atoms with van der Waals surface area (Å²) in [5.41, 5.74) is 1.50. The first-order valence-corrected chi connectivity index (χ1v) is 8.80. The van der Waals surface area contributed by atoms with Gasteiger partial charge in [0.2, 0.25) is 0 Å². The van der Waals surface area contributed by atoms with Crippen LogP contribution in [0.3, 0.4) is 0 Å². The normalized spacial score (nSPS) is 11.1. The van der Waals surface area contributed by atoms with Crippen LogP contribution in [0.1, 0.15) is 16.1 Å². The highest BCUT2D eigenvalue weighted by molar-refractivity contribution is 6.13. The van der Waals surface area contributed by atoms with E-state index in [4.69, 9.17) is 4.52 Å². The lowest BCUT2D eigenvalue weighted by molar-refractivity contribution is -0.0498. The molecule has 1 N–H and O–H groups in total. The summed E-state index contributed by atoms with van der Waals surface area (Å²) in [4.78, 5) is 17.2. The molecular formula is C21H14F3N3O3. The van der Waals surface area contributed by atoms with E-state index in [1.54, 1.807) is 19.1 Å². The topological polar surface area (TPSA) is 77.2 Å². The molecule has 6 nitrogen and oxygen atoms in total. The number of carbonyl (C=O) groups excluding carboxylic acids is 1. The predicted octanol–water partition coefficient (Wildman–Crippen LogP) is 5.19. The molecular weight excluding hydrogens is 399 g/mol. The van der Waals surface area contributed by atoms with E-state index in [1.807, 2.05) is 0 Å². The van der Waals surface area contributed by atoms with Crippen LogP contribution in [0.25, 0.3) is 22.4 Å². The second-order valence-corrected chi connectivity index (χ2v) is 6.34. The van der Waals surface area contributed by atoms with E-state index in [0.29, 0.717) is 16.8 Å². The quantitative estimate of drug-likeness (QED) is 0.487. The molecule has 0 fully saturated rings. The van der Waals surface area contributed by atoms with E-state index in [9.17, 15) is 18.0 Å². The molecule has 0 radical (unpaired) electrons. The third-order valence-corrected chi connectivity index (χ3v) is 4.35. The van der Waals surface area contributed by atoms with E-state index in [0.717, 1.165) is 0 Å². The van der Waals surface area contributed by atoms with Crippen molar-refractivity contribution in [2.75, 3.05) is 5.32 Å². The van der Waals surface area contributed by atoms with Crippen molar-refractivity contribution in [1.29, 1.82) is 0 Å². The molecule has 0 aliphatic rings. The Kier molecular flexibility index (Phi) is 5.09. The van der Waals surface area contributed by atoms with Gasteiger partial charge in [0.1, 0.15) is 11.6 Å². The predicted molar refractivity (Wildman–Crippen MR) is 103 cm³/mol. The van der Waals surface area contributed by atoms with Gasteiger partial charge in [-0.2, -0.15) is 8.78 Å². The number of pyridine rings is 1. The lowest BCUT2D eigenvalue weighted by atomic mass is 10.0. The van der Waals surface area contributed by atoms with Gasteiger partial charge in [-0.25, -0.2) is 9.37 Å². The molecule has 152 valence electrons. The van der Waals surface area contributed by atoms with Crippen molar-refractivity contribution in [2.45, 2.75) is 13.5 Å². The van der Waals surface area contributed by atoms with Crippen LogP contribution in [-0.4, -0.2) is 22.7 Å². The van der Waals surface area contributed by atoms with Gasteiger partial charge in [-0.1, -0.05) is 17.3 Å². The number of rotatable bonds is 5. The number of nitrogens with zero attached hydrogens (tertiary/aromatic N) is 2. The molecule has 2 heterocycles. The maximum atomic E-state index is 14.2. The monoisotopic (exact) mass is 413 g/mol.